The van der Waals surface area contributed by atoms with E-state index in [1.807, 2.05) is 32.9 Å². The fourth-order valence-electron chi connectivity index (χ4n) is 2.90. The number of benzene rings is 2. The number of terminal acetylenes is 1. The van der Waals surface area contributed by atoms with E-state index < -0.39 is 17.7 Å². The molecule has 0 radical (unpaired) electrons. The molecule has 35 heavy (non-hydrogen) atoms. The maximum absolute atomic E-state index is 12.5. The van der Waals surface area contributed by atoms with Gasteiger partial charge in [0.05, 0.1) is 11.7 Å². The van der Waals surface area contributed by atoms with Crippen LogP contribution in [0.4, 0.5) is 0 Å². The average molecular weight is 587 g/mol. The molecular formula is C28H30INO5. The lowest BCUT2D eigenvalue weighted by Crippen LogP contribution is -2.51. The molecule has 2 rings (SSSR count). The maximum Gasteiger partial charge on any atom is 0.251 e. The van der Waals surface area contributed by atoms with E-state index >= 15 is 0 Å². The summed E-state index contributed by atoms with van der Waals surface area (Å²) in [6.45, 7) is 7.31. The fourth-order valence-corrected chi connectivity index (χ4v) is 3.26. The van der Waals surface area contributed by atoms with Gasteiger partial charge in [-0.05, 0) is 98.5 Å². The molecule has 6 nitrogen and oxygen atoms in total. The Hall–Kier alpha value is -2.98. The molecule has 2 atom stereocenters. The number of carbonyl (C=O) groups is 3. The number of hydrogen-bond acceptors (Lipinski definition) is 5. The number of hydrogen-bond donors (Lipinski definition) is 1. The Balaban J connectivity index is 0.000000566. The highest BCUT2D eigenvalue weighted by molar-refractivity contribution is 14.1. The minimum Gasteiger partial charge on any atom is -0.377 e. The Morgan fingerprint density at radius 1 is 1.11 bits per heavy atom. The third-order valence-electron chi connectivity index (χ3n) is 4.36. The van der Waals surface area contributed by atoms with Crippen molar-refractivity contribution in [2.75, 3.05) is 13.7 Å². The second kappa shape index (κ2) is 15.1. The van der Waals surface area contributed by atoms with Gasteiger partial charge in [-0.25, -0.2) is 0 Å². The Bertz CT molecular complexity index is 1080. The first-order chi connectivity index (χ1) is 16.5. The lowest BCUT2D eigenvalue weighted by atomic mass is 10.0. The SMILES string of the molecule is C#CC#Cc1ccc(C(=O)N[C@H](C(=O)COC)[C@@H](C)OC(C)(C)C)cc1.O=Cc1ccc(I)cc1. The third kappa shape index (κ3) is 11.8. The summed E-state index contributed by atoms with van der Waals surface area (Å²) in [6.07, 6.45) is 5.42. The van der Waals surface area contributed by atoms with Gasteiger partial charge in [0.15, 0.2) is 5.78 Å². The molecular weight excluding hydrogens is 557 g/mol. The Morgan fingerprint density at radius 3 is 2.20 bits per heavy atom. The van der Waals surface area contributed by atoms with E-state index in [9.17, 15) is 14.4 Å². The molecule has 0 fully saturated rings. The van der Waals surface area contributed by atoms with Crippen LogP contribution >= 0.6 is 22.6 Å². The highest BCUT2D eigenvalue weighted by Crippen LogP contribution is 2.14. The van der Waals surface area contributed by atoms with Crippen molar-refractivity contribution in [3.63, 3.8) is 0 Å². The smallest absolute Gasteiger partial charge is 0.251 e. The van der Waals surface area contributed by atoms with Gasteiger partial charge in [0, 0.05) is 27.4 Å². The first kappa shape index (κ1) is 30.1. The zero-order valence-corrected chi connectivity index (χ0v) is 22.7. The van der Waals surface area contributed by atoms with Crippen LogP contribution in [-0.4, -0.2) is 49.4 Å². The molecule has 0 unspecified atom stereocenters. The van der Waals surface area contributed by atoms with Crippen LogP contribution in [0.5, 0.6) is 0 Å². The van der Waals surface area contributed by atoms with Gasteiger partial charge in [-0.3, -0.25) is 14.4 Å². The van der Waals surface area contributed by atoms with Crippen molar-refractivity contribution in [1.82, 2.24) is 5.32 Å². The van der Waals surface area contributed by atoms with Gasteiger partial charge < -0.3 is 14.8 Å². The molecule has 2 aromatic rings. The van der Waals surface area contributed by atoms with Gasteiger partial charge in [-0.1, -0.05) is 18.1 Å². The molecule has 0 aromatic heterocycles. The zero-order chi connectivity index (χ0) is 26.4. The van der Waals surface area contributed by atoms with Gasteiger partial charge in [0.2, 0.25) is 0 Å². The average Bonchev–Trinajstić information content (AvgIpc) is 2.81. The summed E-state index contributed by atoms with van der Waals surface area (Å²) >= 11 is 2.20. The number of carbonyl (C=O) groups excluding carboxylic acids is 3. The van der Waals surface area contributed by atoms with Crippen LogP contribution < -0.4 is 5.32 Å². The third-order valence-corrected chi connectivity index (χ3v) is 5.08. The second-order valence-corrected chi connectivity index (χ2v) is 9.67. The lowest BCUT2D eigenvalue weighted by molar-refractivity contribution is -0.132. The first-order valence-corrected chi connectivity index (χ1v) is 11.9. The largest absolute Gasteiger partial charge is 0.377 e. The molecule has 1 N–H and O–H groups in total. The molecule has 0 aliphatic carbocycles. The number of nitrogens with one attached hydrogen (secondary N) is 1. The van der Waals surface area contributed by atoms with Crippen LogP contribution in [0.15, 0.2) is 48.5 Å². The molecule has 7 heteroatoms. The van der Waals surface area contributed by atoms with E-state index in [0.29, 0.717) is 11.1 Å². The molecule has 184 valence electrons. The number of ketones is 1. The highest BCUT2D eigenvalue weighted by Gasteiger charge is 2.30. The van der Waals surface area contributed by atoms with Gasteiger partial charge in [0.1, 0.15) is 18.9 Å². The summed E-state index contributed by atoms with van der Waals surface area (Å²) < 4.78 is 11.9. The van der Waals surface area contributed by atoms with E-state index in [1.54, 1.807) is 43.3 Å². The number of methoxy groups -OCH3 is 1. The summed E-state index contributed by atoms with van der Waals surface area (Å²) in [5.41, 5.74) is 1.40. The predicted octanol–water partition coefficient (Wildman–Crippen LogP) is 4.29. The number of aldehydes is 1. The molecule has 0 saturated carbocycles. The Kier molecular flexibility index (Phi) is 13.0. The number of Topliss-reactive ketones (excluding diaryl/α,β-unsaturated/α-hetero) is 1. The molecule has 2 aromatic carbocycles. The van der Waals surface area contributed by atoms with Gasteiger partial charge >= 0.3 is 0 Å². The maximum atomic E-state index is 12.5. The molecule has 0 aliphatic rings. The van der Waals surface area contributed by atoms with E-state index in [2.05, 4.69) is 45.7 Å². The second-order valence-electron chi connectivity index (χ2n) is 8.43. The van der Waals surface area contributed by atoms with Crippen molar-refractivity contribution in [2.24, 2.45) is 0 Å². The number of ether oxygens (including phenoxy) is 2. The molecule has 0 spiro atoms. The minimum atomic E-state index is -0.817. The van der Waals surface area contributed by atoms with Crippen LogP contribution in [0.3, 0.4) is 0 Å². The molecule has 0 saturated heterocycles. The van der Waals surface area contributed by atoms with Crippen LogP contribution in [0.1, 0.15) is 54.0 Å². The monoisotopic (exact) mass is 587 g/mol. The molecule has 0 bridgehead atoms. The normalized spacial score (nSPS) is 11.9. The quantitative estimate of drug-likeness (QED) is 0.283. The van der Waals surface area contributed by atoms with Crippen molar-refractivity contribution < 1.29 is 23.9 Å². The van der Waals surface area contributed by atoms with E-state index in [4.69, 9.17) is 15.9 Å². The highest BCUT2D eigenvalue weighted by atomic mass is 127. The Labute approximate surface area is 221 Å². The molecule has 0 aliphatic heterocycles. The topological polar surface area (TPSA) is 81.7 Å². The molecule has 0 heterocycles. The lowest BCUT2D eigenvalue weighted by Gasteiger charge is -2.30. The fraction of sp³-hybridized carbons (Fsp3) is 0.321. The summed E-state index contributed by atoms with van der Waals surface area (Å²) in [4.78, 5) is 35.0. The van der Waals surface area contributed by atoms with Crippen molar-refractivity contribution in [3.8, 4) is 24.2 Å². The minimum absolute atomic E-state index is 0.108. The number of rotatable bonds is 8. The standard InChI is InChI=1S/C21H25NO4.C7H5IO/c1-7-8-9-16-10-12-17(13-11-16)20(24)22-19(18(23)14-25-6)15(2)26-21(3,4)5;8-7-3-1-6(5-9)2-4-7/h1,10-13,15,19H,14H2,2-6H3,(H,22,24);1-5H/t15-,19+;/m1./s1. The van der Waals surface area contributed by atoms with E-state index in [0.717, 1.165) is 15.4 Å². The van der Waals surface area contributed by atoms with Crippen LogP contribution in [0.25, 0.3) is 0 Å². The number of amides is 1. The van der Waals surface area contributed by atoms with Crippen LogP contribution in [0.2, 0.25) is 0 Å². The zero-order valence-electron chi connectivity index (χ0n) is 20.6. The summed E-state index contributed by atoms with van der Waals surface area (Å²) in [6, 6.07) is 13.2. The van der Waals surface area contributed by atoms with Gasteiger partial charge in [-0.2, -0.15) is 0 Å². The van der Waals surface area contributed by atoms with Gasteiger partial charge in [0.25, 0.3) is 5.91 Å². The van der Waals surface area contributed by atoms with E-state index in [-0.39, 0.29) is 18.3 Å². The summed E-state index contributed by atoms with van der Waals surface area (Å²) in [7, 11) is 1.43. The predicted molar refractivity (Wildman–Crippen MR) is 145 cm³/mol. The van der Waals surface area contributed by atoms with Crippen molar-refractivity contribution in [2.45, 2.75) is 45.4 Å². The van der Waals surface area contributed by atoms with Crippen molar-refractivity contribution in [1.29, 1.82) is 0 Å². The van der Waals surface area contributed by atoms with Crippen LogP contribution in [0, 0.1) is 27.8 Å². The molecule has 1 amide bonds. The first-order valence-electron chi connectivity index (χ1n) is 10.8. The van der Waals surface area contributed by atoms with Gasteiger partial charge in [-0.15, -0.1) is 6.42 Å². The van der Waals surface area contributed by atoms with Crippen molar-refractivity contribution in [3.05, 3.63) is 68.8 Å². The summed E-state index contributed by atoms with van der Waals surface area (Å²) in [5, 5.41) is 2.74. The summed E-state index contributed by atoms with van der Waals surface area (Å²) in [5.74, 6) is 6.89. The van der Waals surface area contributed by atoms with E-state index in [1.165, 1.54) is 7.11 Å². The Morgan fingerprint density at radius 2 is 1.71 bits per heavy atom. The van der Waals surface area contributed by atoms with Crippen molar-refractivity contribution >= 4 is 40.6 Å². The van der Waals surface area contributed by atoms with Crippen LogP contribution in [-0.2, 0) is 14.3 Å². The number of halogens is 1.